The number of hydrogen-bond acceptors (Lipinski definition) is 6. The first-order valence-electron chi connectivity index (χ1n) is 5.32. The average molecular weight is 335 g/mol. The van der Waals surface area contributed by atoms with E-state index >= 15 is 0 Å². The van der Waals surface area contributed by atoms with Crippen LogP contribution < -0.4 is 14.2 Å². The van der Waals surface area contributed by atoms with Crippen molar-refractivity contribution in [3.05, 3.63) is 28.9 Å². The SMILES string of the molecule is COc1ccc(NS(=O)(=O)c2cnc(Cl)s2)c(OC)c1. The zero-order valence-corrected chi connectivity index (χ0v) is 13.0. The maximum atomic E-state index is 12.2. The van der Waals surface area contributed by atoms with Crippen LogP contribution >= 0.6 is 22.9 Å². The summed E-state index contributed by atoms with van der Waals surface area (Å²) < 4.78 is 37.1. The molecular formula is C11H11ClN2O4S2. The van der Waals surface area contributed by atoms with Crippen molar-refractivity contribution >= 4 is 38.6 Å². The second-order valence-corrected chi connectivity index (χ2v) is 7.13. The summed E-state index contributed by atoms with van der Waals surface area (Å²) in [5, 5.41) is 0. The van der Waals surface area contributed by atoms with Gasteiger partial charge in [0.1, 0.15) is 11.5 Å². The lowest BCUT2D eigenvalue weighted by molar-refractivity contribution is 0.395. The van der Waals surface area contributed by atoms with Crippen LogP contribution in [-0.2, 0) is 10.0 Å². The third-order valence-corrected chi connectivity index (χ3v) is 5.32. The molecule has 0 unspecified atom stereocenters. The second kappa shape index (κ2) is 5.86. The van der Waals surface area contributed by atoms with Crippen LogP contribution in [0, 0.1) is 0 Å². The Labute approximate surface area is 125 Å². The van der Waals surface area contributed by atoms with E-state index in [4.69, 9.17) is 21.1 Å². The van der Waals surface area contributed by atoms with Crippen LogP contribution in [0.15, 0.2) is 28.6 Å². The summed E-state index contributed by atoms with van der Waals surface area (Å²) in [5.74, 6) is 0.911. The van der Waals surface area contributed by atoms with E-state index in [2.05, 4.69) is 9.71 Å². The number of ether oxygens (including phenoxy) is 2. The first kappa shape index (κ1) is 14.9. The molecule has 6 nitrogen and oxygen atoms in total. The van der Waals surface area contributed by atoms with E-state index in [0.717, 1.165) is 11.3 Å². The molecule has 0 aliphatic heterocycles. The van der Waals surface area contributed by atoms with Crippen molar-refractivity contribution in [1.82, 2.24) is 4.98 Å². The van der Waals surface area contributed by atoms with Crippen molar-refractivity contribution in [3.63, 3.8) is 0 Å². The van der Waals surface area contributed by atoms with E-state index < -0.39 is 10.0 Å². The summed E-state index contributed by atoms with van der Waals surface area (Å²) in [7, 11) is -0.791. The summed E-state index contributed by atoms with van der Waals surface area (Å²) in [4.78, 5) is 3.71. The molecular weight excluding hydrogens is 324 g/mol. The predicted molar refractivity (Wildman–Crippen MR) is 77.5 cm³/mol. The van der Waals surface area contributed by atoms with Gasteiger partial charge in [-0.1, -0.05) is 22.9 Å². The van der Waals surface area contributed by atoms with Gasteiger partial charge in [0.25, 0.3) is 10.0 Å². The molecule has 1 aromatic carbocycles. The molecule has 2 rings (SSSR count). The molecule has 0 fully saturated rings. The largest absolute Gasteiger partial charge is 0.497 e. The summed E-state index contributed by atoms with van der Waals surface area (Å²) >= 11 is 6.51. The standard InChI is InChI=1S/C11H11ClN2O4S2/c1-17-7-3-4-8(9(5-7)18-2)14-20(15,16)10-6-13-11(12)19-10/h3-6,14H,1-2H3. The average Bonchev–Trinajstić information content (AvgIpc) is 2.86. The third-order valence-electron chi connectivity index (χ3n) is 2.37. The smallest absolute Gasteiger partial charge is 0.273 e. The Hall–Kier alpha value is -1.51. The molecule has 0 radical (unpaired) electrons. The number of nitrogens with one attached hydrogen (secondary N) is 1. The fraction of sp³-hybridized carbons (Fsp3) is 0.182. The Balaban J connectivity index is 2.34. The first-order valence-corrected chi connectivity index (χ1v) is 8.00. The molecule has 0 amide bonds. The van der Waals surface area contributed by atoms with Crippen LogP contribution in [0.5, 0.6) is 11.5 Å². The van der Waals surface area contributed by atoms with Gasteiger partial charge in [-0.2, -0.15) is 0 Å². The van der Waals surface area contributed by atoms with Crippen LogP contribution in [0.3, 0.4) is 0 Å². The highest BCUT2D eigenvalue weighted by atomic mass is 35.5. The Morgan fingerprint density at radius 1 is 1.30 bits per heavy atom. The molecule has 2 aromatic rings. The monoisotopic (exact) mass is 334 g/mol. The molecule has 0 spiro atoms. The molecule has 0 saturated heterocycles. The number of methoxy groups -OCH3 is 2. The quantitative estimate of drug-likeness (QED) is 0.909. The lowest BCUT2D eigenvalue weighted by Crippen LogP contribution is -2.12. The van der Waals surface area contributed by atoms with Crippen molar-refractivity contribution in [3.8, 4) is 11.5 Å². The number of sulfonamides is 1. The minimum absolute atomic E-state index is 0.0281. The van der Waals surface area contributed by atoms with E-state index in [-0.39, 0.29) is 8.68 Å². The lowest BCUT2D eigenvalue weighted by Gasteiger charge is -2.11. The van der Waals surface area contributed by atoms with Crippen LogP contribution in [0.25, 0.3) is 0 Å². The highest BCUT2D eigenvalue weighted by Crippen LogP contribution is 2.32. The van der Waals surface area contributed by atoms with Crippen molar-refractivity contribution < 1.29 is 17.9 Å². The molecule has 0 bridgehead atoms. The zero-order chi connectivity index (χ0) is 14.8. The zero-order valence-electron chi connectivity index (χ0n) is 10.6. The molecule has 108 valence electrons. The number of halogens is 1. The number of hydrogen-bond donors (Lipinski definition) is 1. The van der Waals surface area contributed by atoms with Crippen LogP contribution in [0.4, 0.5) is 5.69 Å². The molecule has 20 heavy (non-hydrogen) atoms. The van der Waals surface area contributed by atoms with E-state index in [1.165, 1.54) is 20.4 Å². The molecule has 1 N–H and O–H groups in total. The fourth-order valence-electron chi connectivity index (χ4n) is 1.44. The van der Waals surface area contributed by atoms with Crippen molar-refractivity contribution in [2.75, 3.05) is 18.9 Å². The van der Waals surface area contributed by atoms with Crippen molar-refractivity contribution in [2.45, 2.75) is 4.21 Å². The molecule has 0 saturated carbocycles. The Kier molecular flexibility index (Phi) is 4.36. The third kappa shape index (κ3) is 3.14. The van der Waals surface area contributed by atoms with E-state index in [1.54, 1.807) is 18.2 Å². The van der Waals surface area contributed by atoms with E-state index in [1.807, 2.05) is 0 Å². The fourth-order valence-corrected chi connectivity index (χ4v) is 3.80. The van der Waals surface area contributed by atoms with Gasteiger partial charge in [-0.15, -0.1) is 0 Å². The first-order chi connectivity index (χ1) is 9.46. The van der Waals surface area contributed by atoms with Gasteiger partial charge in [0.2, 0.25) is 0 Å². The Morgan fingerprint density at radius 2 is 2.05 bits per heavy atom. The molecule has 0 atom stereocenters. The summed E-state index contributed by atoms with van der Waals surface area (Å²) in [6.07, 6.45) is 1.20. The van der Waals surface area contributed by atoms with Crippen LogP contribution in [-0.4, -0.2) is 27.6 Å². The number of nitrogens with zero attached hydrogens (tertiary/aromatic N) is 1. The predicted octanol–water partition coefficient (Wildman–Crippen LogP) is 2.61. The number of aromatic nitrogens is 1. The van der Waals surface area contributed by atoms with Gasteiger partial charge in [-0.25, -0.2) is 13.4 Å². The molecule has 0 aliphatic carbocycles. The maximum absolute atomic E-state index is 12.2. The van der Waals surface area contributed by atoms with Gasteiger partial charge >= 0.3 is 0 Å². The Bertz CT molecular complexity index is 715. The van der Waals surface area contributed by atoms with Crippen molar-refractivity contribution in [2.24, 2.45) is 0 Å². The normalized spacial score (nSPS) is 11.2. The highest BCUT2D eigenvalue weighted by Gasteiger charge is 2.19. The number of rotatable bonds is 5. The summed E-state index contributed by atoms with van der Waals surface area (Å²) in [5.41, 5.74) is 0.304. The molecule has 9 heteroatoms. The van der Waals surface area contributed by atoms with Gasteiger partial charge in [0, 0.05) is 6.07 Å². The van der Waals surface area contributed by atoms with E-state index in [0.29, 0.717) is 17.2 Å². The topological polar surface area (TPSA) is 77.5 Å². The van der Waals surface area contributed by atoms with Crippen LogP contribution in [0.1, 0.15) is 0 Å². The van der Waals surface area contributed by atoms with Gasteiger partial charge in [-0.05, 0) is 12.1 Å². The van der Waals surface area contributed by atoms with Crippen LogP contribution in [0.2, 0.25) is 4.47 Å². The Morgan fingerprint density at radius 3 is 2.60 bits per heavy atom. The number of benzene rings is 1. The van der Waals surface area contributed by atoms with E-state index in [9.17, 15) is 8.42 Å². The highest BCUT2D eigenvalue weighted by molar-refractivity contribution is 7.94. The molecule has 0 aliphatic rings. The van der Waals surface area contributed by atoms with Gasteiger partial charge in [-0.3, -0.25) is 4.72 Å². The summed E-state index contributed by atoms with van der Waals surface area (Å²) in [6.45, 7) is 0. The minimum atomic E-state index is -3.74. The van der Waals surface area contributed by atoms with Gasteiger partial charge in [0.05, 0.1) is 26.1 Å². The minimum Gasteiger partial charge on any atom is -0.497 e. The summed E-state index contributed by atoms with van der Waals surface area (Å²) in [6, 6.07) is 4.76. The molecule has 1 heterocycles. The maximum Gasteiger partial charge on any atom is 0.273 e. The van der Waals surface area contributed by atoms with Gasteiger partial charge < -0.3 is 9.47 Å². The number of thiazole rings is 1. The van der Waals surface area contributed by atoms with Crippen molar-refractivity contribution in [1.29, 1.82) is 0 Å². The number of anilines is 1. The molecule has 1 aromatic heterocycles. The lowest BCUT2D eigenvalue weighted by atomic mass is 10.3. The second-order valence-electron chi connectivity index (χ2n) is 3.60. The van der Waals surface area contributed by atoms with Gasteiger partial charge in [0.15, 0.2) is 8.68 Å².